The Morgan fingerprint density at radius 1 is 1.42 bits per heavy atom. The standard InChI is InChI=1S/C9H11NO2/c1-6-3-4-8(12)7(2)9(6)10-5-11/h3-5,12H,1-2H3,(H,10,11). The quantitative estimate of drug-likeness (QED) is 0.653. The fourth-order valence-corrected chi connectivity index (χ4v) is 1.12. The molecule has 0 aromatic heterocycles. The van der Waals surface area contributed by atoms with Crippen molar-refractivity contribution >= 4 is 12.1 Å². The molecule has 64 valence electrons. The van der Waals surface area contributed by atoms with E-state index in [1.54, 1.807) is 19.1 Å². The van der Waals surface area contributed by atoms with Crippen molar-refractivity contribution in [3.8, 4) is 5.75 Å². The maximum Gasteiger partial charge on any atom is 0.211 e. The highest BCUT2D eigenvalue weighted by Gasteiger charge is 2.04. The number of aryl methyl sites for hydroxylation is 1. The zero-order valence-corrected chi connectivity index (χ0v) is 7.09. The smallest absolute Gasteiger partial charge is 0.211 e. The monoisotopic (exact) mass is 165 g/mol. The number of amides is 1. The number of hydrogen-bond acceptors (Lipinski definition) is 2. The van der Waals surface area contributed by atoms with Crippen molar-refractivity contribution in [2.45, 2.75) is 13.8 Å². The van der Waals surface area contributed by atoms with Gasteiger partial charge in [0.1, 0.15) is 5.75 Å². The largest absolute Gasteiger partial charge is 0.508 e. The van der Waals surface area contributed by atoms with Gasteiger partial charge in [-0.3, -0.25) is 4.79 Å². The summed E-state index contributed by atoms with van der Waals surface area (Å²) in [5.74, 6) is 0.199. The number of hydrogen-bond donors (Lipinski definition) is 2. The van der Waals surface area contributed by atoms with Crippen molar-refractivity contribution in [1.82, 2.24) is 0 Å². The Kier molecular flexibility index (Phi) is 2.33. The van der Waals surface area contributed by atoms with Gasteiger partial charge in [0.2, 0.25) is 6.41 Å². The molecule has 0 aliphatic carbocycles. The Morgan fingerprint density at radius 2 is 2.08 bits per heavy atom. The molecule has 0 unspecified atom stereocenters. The van der Waals surface area contributed by atoms with Gasteiger partial charge in [-0.1, -0.05) is 6.07 Å². The van der Waals surface area contributed by atoms with E-state index in [1.165, 1.54) is 0 Å². The zero-order chi connectivity index (χ0) is 9.14. The summed E-state index contributed by atoms with van der Waals surface area (Å²) in [6.07, 6.45) is 0.606. The van der Waals surface area contributed by atoms with Gasteiger partial charge in [0.05, 0.1) is 5.69 Å². The Hall–Kier alpha value is -1.51. The fraction of sp³-hybridized carbons (Fsp3) is 0.222. The minimum atomic E-state index is 0.199. The molecular weight excluding hydrogens is 154 g/mol. The van der Waals surface area contributed by atoms with Gasteiger partial charge < -0.3 is 10.4 Å². The van der Waals surface area contributed by atoms with E-state index in [0.29, 0.717) is 17.7 Å². The number of carbonyl (C=O) groups is 1. The van der Waals surface area contributed by atoms with Crippen molar-refractivity contribution in [3.63, 3.8) is 0 Å². The molecule has 1 aromatic rings. The van der Waals surface area contributed by atoms with Crippen molar-refractivity contribution in [3.05, 3.63) is 23.3 Å². The Morgan fingerprint density at radius 3 is 2.67 bits per heavy atom. The summed E-state index contributed by atoms with van der Waals surface area (Å²) in [6, 6.07) is 3.37. The molecule has 0 aliphatic rings. The lowest BCUT2D eigenvalue weighted by Crippen LogP contribution is -1.98. The summed E-state index contributed by atoms with van der Waals surface area (Å²) in [5, 5.41) is 11.8. The highest BCUT2D eigenvalue weighted by Crippen LogP contribution is 2.27. The molecule has 1 amide bonds. The molecule has 0 saturated heterocycles. The normalized spacial score (nSPS) is 9.50. The topological polar surface area (TPSA) is 49.3 Å². The third kappa shape index (κ3) is 1.39. The van der Waals surface area contributed by atoms with Crippen LogP contribution in [-0.2, 0) is 4.79 Å². The van der Waals surface area contributed by atoms with Gasteiger partial charge in [0.25, 0.3) is 0 Å². The summed E-state index contributed by atoms with van der Waals surface area (Å²) in [7, 11) is 0. The molecule has 0 spiro atoms. The van der Waals surface area contributed by atoms with E-state index < -0.39 is 0 Å². The third-order valence-electron chi connectivity index (χ3n) is 1.85. The second-order valence-corrected chi connectivity index (χ2v) is 2.66. The first-order valence-electron chi connectivity index (χ1n) is 3.66. The Balaban J connectivity index is 3.22. The number of benzene rings is 1. The zero-order valence-electron chi connectivity index (χ0n) is 7.09. The van der Waals surface area contributed by atoms with Crippen LogP contribution in [0.4, 0.5) is 5.69 Å². The van der Waals surface area contributed by atoms with Crippen molar-refractivity contribution in [2.24, 2.45) is 0 Å². The molecule has 0 aliphatic heterocycles. The molecule has 3 heteroatoms. The Bertz CT molecular complexity index is 308. The van der Waals surface area contributed by atoms with Gasteiger partial charge >= 0.3 is 0 Å². The number of phenolic OH excluding ortho intramolecular Hbond substituents is 1. The summed E-state index contributed by atoms with van der Waals surface area (Å²) in [6.45, 7) is 3.63. The molecule has 1 rings (SSSR count). The first-order valence-corrected chi connectivity index (χ1v) is 3.66. The molecule has 2 N–H and O–H groups in total. The van der Waals surface area contributed by atoms with Crippen LogP contribution >= 0.6 is 0 Å². The Labute approximate surface area is 71.0 Å². The van der Waals surface area contributed by atoms with Crippen LogP contribution in [0.1, 0.15) is 11.1 Å². The van der Waals surface area contributed by atoms with Crippen LogP contribution in [0.25, 0.3) is 0 Å². The number of nitrogens with one attached hydrogen (secondary N) is 1. The highest BCUT2D eigenvalue weighted by molar-refractivity contribution is 5.76. The van der Waals surface area contributed by atoms with Crippen LogP contribution in [-0.4, -0.2) is 11.5 Å². The molecule has 0 saturated carbocycles. The predicted octanol–water partition coefficient (Wildman–Crippen LogP) is 1.58. The van der Waals surface area contributed by atoms with Crippen LogP contribution in [0.15, 0.2) is 12.1 Å². The average molecular weight is 165 g/mol. The van der Waals surface area contributed by atoms with Crippen LogP contribution in [0.3, 0.4) is 0 Å². The first-order chi connectivity index (χ1) is 5.66. The maximum atomic E-state index is 10.2. The average Bonchev–Trinajstić information content (AvgIpc) is 2.06. The number of carbonyl (C=O) groups excluding carboxylic acids is 1. The maximum absolute atomic E-state index is 10.2. The summed E-state index contributed by atoms with van der Waals surface area (Å²) < 4.78 is 0. The molecule has 0 heterocycles. The van der Waals surface area contributed by atoms with E-state index >= 15 is 0 Å². The third-order valence-corrected chi connectivity index (χ3v) is 1.85. The fourth-order valence-electron chi connectivity index (χ4n) is 1.12. The molecule has 0 radical (unpaired) electrons. The SMILES string of the molecule is Cc1ccc(O)c(C)c1NC=O. The van der Waals surface area contributed by atoms with Crippen molar-refractivity contribution < 1.29 is 9.90 Å². The van der Waals surface area contributed by atoms with Crippen LogP contribution in [0, 0.1) is 13.8 Å². The van der Waals surface area contributed by atoms with E-state index in [0.717, 1.165) is 5.56 Å². The van der Waals surface area contributed by atoms with E-state index in [9.17, 15) is 9.90 Å². The highest BCUT2D eigenvalue weighted by atomic mass is 16.3. The van der Waals surface area contributed by atoms with E-state index in [-0.39, 0.29) is 5.75 Å². The van der Waals surface area contributed by atoms with Gasteiger partial charge in [-0.2, -0.15) is 0 Å². The van der Waals surface area contributed by atoms with Crippen LogP contribution in [0.2, 0.25) is 0 Å². The summed E-state index contributed by atoms with van der Waals surface area (Å²) in [4.78, 5) is 10.2. The van der Waals surface area contributed by atoms with Gasteiger partial charge in [0, 0.05) is 5.56 Å². The van der Waals surface area contributed by atoms with E-state index in [1.807, 2.05) is 6.92 Å². The molecule has 3 nitrogen and oxygen atoms in total. The molecule has 0 bridgehead atoms. The second-order valence-electron chi connectivity index (χ2n) is 2.66. The number of aromatic hydroxyl groups is 1. The van der Waals surface area contributed by atoms with Gasteiger partial charge in [-0.25, -0.2) is 0 Å². The van der Waals surface area contributed by atoms with Crippen molar-refractivity contribution in [1.29, 1.82) is 0 Å². The first kappa shape index (κ1) is 8.59. The predicted molar refractivity (Wildman–Crippen MR) is 47.3 cm³/mol. The lowest BCUT2D eigenvalue weighted by Gasteiger charge is -2.08. The van der Waals surface area contributed by atoms with Gasteiger partial charge in [-0.05, 0) is 25.5 Å². The summed E-state index contributed by atoms with van der Waals surface area (Å²) in [5.41, 5.74) is 2.32. The van der Waals surface area contributed by atoms with Gasteiger partial charge in [-0.15, -0.1) is 0 Å². The lowest BCUT2D eigenvalue weighted by molar-refractivity contribution is -0.105. The molecule has 0 fully saturated rings. The number of phenols is 1. The number of anilines is 1. The molecular formula is C9H11NO2. The summed E-state index contributed by atoms with van der Waals surface area (Å²) >= 11 is 0. The molecule has 1 aromatic carbocycles. The molecule has 0 atom stereocenters. The van der Waals surface area contributed by atoms with E-state index in [2.05, 4.69) is 5.32 Å². The number of rotatable bonds is 2. The van der Waals surface area contributed by atoms with Gasteiger partial charge in [0.15, 0.2) is 0 Å². The van der Waals surface area contributed by atoms with Crippen LogP contribution < -0.4 is 5.32 Å². The minimum Gasteiger partial charge on any atom is -0.508 e. The van der Waals surface area contributed by atoms with Crippen LogP contribution in [0.5, 0.6) is 5.75 Å². The van der Waals surface area contributed by atoms with Crippen molar-refractivity contribution in [2.75, 3.05) is 5.32 Å². The molecule has 12 heavy (non-hydrogen) atoms. The lowest BCUT2D eigenvalue weighted by atomic mass is 10.1. The van der Waals surface area contributed by atoms with E-state index in [4.69, 9.17) is 0 Å². The second kappa shape index (κ2) is 3.26. The minimum absolute atomic E-state index is 0.199.